The number of hydrogen-bond acceptors (Lipinski definition) is 6. The summed E-state index contributed by atoms with van der Waals surface area (Å²) in [5.74, 6) is 0.286. The van der Waals surface area contributed by atoms with Crippen LogP contribution in [-0.2, 0) is 11.2 Å². The molecule has 0 fully saturated rings. The fourth-order valence-electron chi connectivity index (χ4n) is 4.23. The molecule has 7 heteroatoms. The van der Waals surface area contributed by atoms with Gasteiger partial charge in [-0.2, -0.15) is 5.10 Å². The average Bonchev–Trinajstić information content (AvgIpc) is 3.00. The second-order valence-electron chi connectivity index (χ2n) is 8.45. The molecular weight excluding hydrogens is 424 g/mol. The first-order valence-corrected chi connectivity index (χ1v) is 11.3. The normalized spacial score (nSPS) is 17.9. The van der Waals surface area contributed by atoms with E-state index < -0.39 is 12.2 Å². The highest BCUT2D eigenvalue weighted by molar-refractivity contribution is 6.22. The topological polar surface area (TPSA) is 95.4 Å². The van der Waals surface area contributed by atoms with Crippen molar-refractivity contribution in [2.24, 2.45) is 20.9 Å². The third-order valence-electron chi connectivity index (χ3n) is 5.90. The number of fused-ring (bicyclic) bond motifs is 3. The number of hydrogen-bond donors (Lipinski definition) is 2. The van der Waals surface area contributed by atoms with E-state index in [0.717, 1.165) is 33.8 Å². The second-order valence-corrected chi connectivity index (χ2v) is 8.45. The number of nitrogens with zero attached hydrogens (tertiary/aromatic N) is 4. The third-order valence-corrected chi connectivity index (χ3v) is 5.90. The fourth-order valence-corrected chi connectivity index (χ4v) is 4.23. The van der Waals surface area contributed by atoms with Crippen LogP contribution < -0.4 is 16.0 Å². The van der Waals surface area contributed by atoms with E-state index in [1.54, 1.807) is 0 Å². The molecule has 0 saturated heterocycles. The first-order valence-electron chi connectivity index (χ1n) is 11.3. The van der Waals surface area contributed by atoms with E-state index in [1.165, 1.54) is 0 Å². The van der Waals surface area contributed by atoms with Gasteiger partial charge >= 0.3 is 0 Å². The summed E-state index contributed by atoms with van der Waals surface area (Å²) in [4.78, 5) is 20.3. The molecule has 34 heavy (non-hydrogen) atoms. The van der Waals surface area contributed by atoms with Crippen molar-refractivity contribution in [3.05, 3.63) is 102 Å². The number of nitrogens with two attached hydrogens (primary N) is 1. The van der Waals surface area contributed by atoms with Crippen LogP contribution in [0, 0.1) is 0 Å². The van der Waals surface area contributed by atoms with Crippen molar-refractivity contribution in [2.75, 3.05) is 11.4 Å². The molecule has 0 aliphatic carbocycles. The number of anilines is 1. The maximum atomic E-state index is 13.2. The minimum atomic E-state index is -0.728. The Morgan fingerprint density at radius 2 is 1.68 bits per heavy atom. The summed E-state index contributed by atoms with van der Waals surface area (Å²) < 4.78 is 0. The van der Waals surface area contributed by atoms with Crippen LogP contribution in [0.25, 0.3) is 0 Å². The van der Waals surface area contributed by atoms with Gasteiger partial charge in [0.2, 0.25) is 5.91 Å². The summed E-state index contributed by atoms with van der Waals surface area (Å²) in [7, 11) is 0. The monoisotopic (exact) mass is 450 g/mol. The highest BCUT2D eigenvalue weighted by Gasteiger charge is 2.34. The van der Waals surface area contributed by atoms with Crippen LogP contribution in [-0.4, -0.2) is 41.9 Å². The van der Waals surface area contributed by atoms with Crippen molar-refractivity contribution in [3.63, 3.8) is 0 Å². The number of para-hydroxylation sites is 1. The van der Waals surface area contributed by atoms with Gasteiger partial charge in [0, 0.05) is 11.1 Å². The molecule has 0 saturated carbocycles. The van der Waals surface area contributed by atoms with Gasteiger partial charge in [0.15, 0.2) is 12.0 Å². The zero-order chi connectivity index (χ0) is 23.5. The van der Waals surface area contributed by atoms with E-state index in [1.807, 2.05) is 91.9 Å². The van der Waals surface area contributed by atoms with Gasteiger partial charge in [-0.15, -0.1) is 5.10 Å². The molecule has 5 rings (SSSR count). The predicted molar refractivity (Wildman–Crippen MR) is 136 cm³/mol. The van der Waals surface area contributed by atoms with Crippen LogP contribution >= 0.6 is 0 Å². The summed E-state index contributed by atoms with van der Waals surface area (Å²) in [6.45, 7) is 2.51. The zero-order valence-corrected chi connectivity index (χ0v) is 18.9. The average molecular weight is 451 g/mol. The molecule has 0 spiro atoms. The molecule has 3 aromatic rings. The van der Waals surface area contributed by atoms with E-state index in [0.29, 0.717) is 18.8 Å². The Bertz CT molecular complexity index is 1280. The first kappa shape index (κ1) is 21.7. The molecule has 3 N–H and O–H groups in total. The lowest BCUT2D eigenvalue weighted by Gasteiger charge is -2.30. The lowest BCUT2D eigenvalue weighted by atomic mass is 10.00. The molecule has 7 nitrogen and oxygen atoms in total. The SMILES string of the molecule is CC1=NN=C2[C@H](NC(=O)[C@@H](N)Cc3ccccc3)N=C(c3ccccc3)c3ccccc3N2C1. The van der Waals surface area contributed by atoms with Crippen LogP contribution in [0.15, 0.2) is 100 Å². The van der Waals surface area contributed by atoms with Gasteiger partial charge < -0.3 is 16.0 Å². The molecule has 2 heterocycles. The fraction of sp³-hybridized carbons (Fsp3) is 0.185. The van der Waals surface area contributed by atoms with E-state index in [-0.39, 0.29) is 5.91 Å². The predicted octanol–water partition coefficient (Wildman–Crippen LogP) is 3.14. The van der Waals surface area contributed by atoms with E-state index >= 15 is 0 Å². The van der Waals surface area contributed by atoms with Crippen LogP contribution in [0.4, 0.5) is 5.69 Å². The Labute approximate surface area is 198 Å². The highest BCUT2D eigenvalue weighted by Crippen LogP contribution is 2.29. The van der Waals surface area contributed by atoms with Crippen molar-refractivity contribution in [1.29, 1.82) is 0 Å². The molecule has 1 amide bonds. The number of rotatable bonds is 5. The van der Waals surface area contributed by atoms with Crippen molar-refractivity contribution in [1.82, 2.24) is 5.32 Å². The van der Waals surface area contributed by atoms with Gasteiger partial charge in [-0.1, -0.05) is 78.9 Å². The molecular formula is C27H26N6O. The third kappa shape index (κ3) is 4.38. The molecule has 0 bridgehead atoms. The Hall–Kier alpha value is -4.10. The van der Waals surface area contributed by atoms with Crippen molar-refractivity contribution in [3.8, 4) is 0 Å². The number of amides is 1. The van der Waals surface area contributed by atoms with Crippen LogP contribution in [0.2, 0.25) is 0 Å². The minimum absolute atomic E-state index is 0.287. The number of aliphatic imine (C=N–C) groups is 1. The Kier molecular flexibility index (Phi) is 6.01. The minimum Gasteiger partial charge on any atom is -0.327 e. The quantitative estimate of drug-likeness (QED) is 0.625. The zero-order valence-electron chi connectivity index (χ0n) is 18.9. The number of benzene rings is 3. The van der Waals surface area contributed by atoms with Gasteiger partial charge in [-0.05, 0) is 25.0 Å². The number of amidine groups is 1. The molecule has 0 aromatic heterocycles. The lowest BCUT2D eigenvalue weighted by Crippen LogP contribution is -2.53. The molecule has 2 atom stereocenters. The number of carbonyl (C=O) groups excluding carboxylic acids is 1. The van der Waals surface area contributed by atoms with Crippen molar-refractivity contribution >= 4 is 28.9 Å². The second kappa shape index (κ2) is 9.41. The van der Waals surface area contributed by atoms with Crippen LogP contribution in [0.5, 0.6) is 0 Å². The van der Waals surface area contributed by atoms with E-state index in [4.69, 9.17) is 10.7 Å². The van der Waals surface area contributed by atoms with Gasteiger partial charge in [0.1, 0.15) is 0 Å². The summed E-state index contributed by atoms with van der Waals surface area (Å²) >= 11 is 0. The summed E-state index contributed by atoms with van der Waals surface area (Å²) in [5.41, 5.74) is 11.9. The number of nitrogens with one attached hydrogen (secondary N) is 1. The molecule has 2 aliphatic rings. The van der Waals surface area contributed by atoms with Gasteiger partial charge in [-0.3, -0.25) is 9.79 Å². The summed E-state index contributed by atoms with van der Waals surface area (Å²) in [5, 5.41) is 11.8. The highest BCUT2D eigenvalue weighted by atomic mass is 16.2. The largest absolute Gasteiger partial charge is 0.327 e. The Balaban J connectivity index is 1.54. The molecule has 2 aliphatic heterocycles. The van der Waals surface area contributed by atoms with Crippen LogP contribution in [0.1, 0.15) is 23.6 Å². The van der Waals surface area contributed by atoms with Gasteiger partial charge in [-0.25, -0.2) is 0 Å². The summed E-state index contributed by atoms with van der Waals surface area (Å²) in [6.07, 6.45) is -0.295. The maximum absolute atomic E-state index is 13.2. The van der Waals surface area contributed by atoms with Crippen molar-refractivity contribution < 1.29 is 4.79 Å². The smallest absolute Gasteiger partial charge is 0.239 e. The molecule has 0 radical (unpaired) electrons. The standard InChI is InChI=1S/C27H26N6O/c1-18-17-33-23-15-9-8-14-21(23)24(20-12-6-3-7-13-20)29-25(26(33)32-31-18)30-27(34)22(28)16-19-10-4-2-5-11-19/h2-15,22,25H,16-17,28H2,1H3,(H,30,34)/t22-,25-/m0/s1. The molecule has 3 aromatic carbocycles. The van der Waals surface area contributed by atoms with E-state index in [9.17, 15) is 4.79 Å². The summed E-state index contributed by atoms with van der Waals surface area (Å²) in [6, 6.07) is 27.1. The molecule has 0 unspecified atom stereocenters. The Morgan fingerprint density at radius 3 is 2.44 bits per heavy atom. The Morgan fingerprint density at radius 1 is 1.00 bits per heavy atom. The van der Waals surface area contributed by atoms with Crippen LogP contribution in [0.3, 0.4) is 0 Å². The van der Waals surface area contributed by atoms with E-state index in [2.05, 4.69) is 20.4 Å². The lowest BCUT2D eigenvalue weighted by molar-refractivity contribution is -0.122. The molecule has 170 valence electrons. The first-order chi connectivity index (χ1) is 16.6. The number of carbonyl (C=O) groups is 1. The van der Waals surface area contributed by atoms with Gasteiger partial charge in [0.05, 0.1) is 29.7 Å². The van der Waals surface area contributed by atoms with Crippen molar-refractivity contribution in [2.45, 2.75) is 25.6 Å². The maximum Gasteiger partial charge on any atom is 0.239 e. The van der Waals surface area contributed by atoms with Gasteiger partial charge in [0.25, 0.3) is 0 Å².